The maximum absolute atomic E-state index is 12.2. The lowest BCUT2D eigenvalue weighted by atomic mass is 10.3. The van der Waals surface area contributed by atoms with Crippen LogP contribution >= 0.6 is 22.6 Å². The first kappa shape index (κ1) is 11.2. The molecule has 0 radical (unpaired) electrons. The van der Waals surface area contributed by atoms with E-state index >= 15 is 0 Å². The van der Waals surface area contributed by atoms with Crippen LogP contribution in [-0.2, 0) is 6.18 Å². The molecule has 0 unspecified atom stereocenters. The smallest absolute Gasteiger partial charge is 0.434 e. The topological polar surface area (TPSA) is 50.2 Å². The zero-order valence-electron chi connectivity index (χ0n) is 6.47. The van der Waals surface area contributed by atoms with E-state index in [9.17, 15) is 18.0 Å². The van der Waals surface area contributed by atoms with Crippen LogP contribution in [0.5, 0.6) is 0 Å². The average molecular weight is 317 g/mol. The van der Waals surface area contributed by atoms with Gasteiger partial charge in [-0.05, 0) is 34.7 Å². The summed E-state index contributed by atoms with van der Waals surface area (Å²) in [6.45, 7) is 0. The molecule has 1 aromatic rings. The van der Waals surface area contributed by atoms with Crippen LogP contribution in [0.4, 0.5) is 13.2 Å². The number of carboxylic acid groups (broad SMARTS) is 1. The number of halogens is 4. The summed E-state index contributed by atoms with van der Waals surface area (Å²) in [7, 11) is 0. The van der Waals surface area contributed by atoms with Gasteiger partial charge in [-0.15, -0.1) is 0 Å². The third kappa shape index (κ3) is 2.34. The van der Waals surface area contributed by atoms with Crippen LogP contribution in [0.15, 0.2) is 12.1 Å². The van der Waals surface area contributed by atoms with Crippen molar-refractivity contribution in [2.24, 2.45) is 0 Å². The minimum Gasteiger partial charge on any atom is -0.477 e. The summed E-state index contributed by atoms with van der Waals surface area (Å²) in [6, 6.07) is 2.10. The van der Waals surface area contributed by atoms with Gasteiger partial charge in [-0.3, -0.25) is 0 Å². The van der Waals surface area contributed by atoms with Gasteiger partial charge in [-0.1, -0.05) is 0 Å². The number of rotatable bonds is 1. The SMILES string of the molecule is O=C(O)c1ccc(I)c(C(F)(F)F)n1. The van der Waals surface area contributed by atoms with E-state index in [1.165, 1.54) is 22.6 Å². The molecule has 1 heterocycles. The number of nitrogens with zero attached hydrogens (tertiary/aromatic N) is 1. The largest absolute Gasteiger partial charge is 0.477 e. The van der Waals surface area contributed by atoms with Crippen molar-refractivity contribution in [3.05, 3.63) is 27.1 Å². The number of hydrogen-bond donors (Lipinski definition) is 1. The summed E-state index contributed by atoms with van der Waals surface area (Å²) in [5.74, 6) is -1.48. The summed E-state index contributed by atoms with van der Waals surface area (Å²) in [4.78, 5) is 13.4. The van der Waals surface area contributed by atoms with Crippen molar-refractivity contribution >= 4 is 28.6 Å². The molecule has 1 rings (SSSR count). The van der Waals surface area contributed by atoms with Crippen LogP contribution in [0, 0.1) is 3.57 Å². The number of carbonyl (C=O) groups is 1. The Labute approximate surface area is 90.1 Å². The van der Waals surface area contributed by atoms with Crippen molar-refractivity contribution in [1.29, 1.82) is 0 Å². The van der Waals surface area contributed by atoms with Gasteiger partial charge in [0, 0.05) is 3.57 Å². The van der Waals surface area contributed by atoms with Gasteiger partial charge in [0.15, 0.2) is 5.69 Å². The second-order valence-corrected chi connectivity index (χ2v) is 3.49. The van der Waals surface area contributed by atoms with Crippen LogP contribution < -0.4 is 0 Å². The first-order valence-corrected chi connectivity index (χ1v) is 4.37. The van der Waals surface area contributed by atoms with Gasteiger partial charge in [0.1, 0.15) is 5.69 Å². The second-order valence-electron chi connectivity index (χ2n) is 2.33. The molecule has 7 heteroatoms. The predicted molar refractivity (Wildman–Crippen MR) is 48.9 cm³/mol. The second kappa shape index (κ2) is 3.71. The standard InChI is InChI=1S/C7H3F3INO2/c8-7(9,10)5-3(11)1-2-4(12-5)6(13)14/h1-2H,(H,13,14). The highest BCUT2D eigenvalue weighted by Gasteiger charge is 2.35. The number of aromatic carboxylic acids is 1. The van der Waals surface area contributed by atoms with E-state index in [0.29, 0.717) is 0 Å². The Morgan fingerprint density at radius 3 is 2.43 bits per heavy atom. The highest BCUT2D eigenvalue weighted by Crippen LogP contribution is 2.31. The minimum absolute atomic E-state index is 0.125. The molecule has 3 nitrogen and oxygen atoms in total. The molecular formula is C7H3F3INO2. The molecule has 0 aromatic carbocycles. The minimum atomic E-state index is -4.62. The van der Waals surface area contributed by atoms with Crippen molar-refractivity contribution in [3.8, 4) is 0 Å². The fourth-order valence-electron chi connectivity index (χ4n) is 0.760. The first-order chi connectivity index (χ1) is 6.32. The maximum atomic E-state index is 12.2. The Kier molecular flexibility index (Phi) is 2.98. The van der Waals surface area contributed by atoms with Crippen LogP contribution in [-0.4, -0.2) is 16.1 Å². The molecule has 0 aliphatic carbocycles. The summed E-state index contributed by atoms with van der Waals surface area (Å²) in [5, 5.41) is 8.43. The third-order valence-corrected chi connectivity index (χ3v) is 2.20. The molecule has 14 heavy (non-hydrogen) atoms. The normalized spacial score (nSPS) is 11.4. The summed E-state index contributed by atoms with van der Waals surface area (Å²) in [5.41, 5.74) is -1.78. The summed E-state index contributed by atoms with van der Waals surface area (Å²) >= 11 is 1.45. The Balaban J connectivity index is 3.29. The zero-order valence-corrected chi connectivity index (χ0v) is 8.63. The average Bonchev–Trinajstić information content (AvgIpc) is 2.02. The molecule has 0 aliphatic rings. The number of pyridine rings is 1. The zero-order chi connectivity index (χ0) is 10.9. The lowest BCUT2D eigenvalue weighted by molar-refractivity contribution is -0.141. The van der Waals surface area contributed by atoms with Crippen LogP contribution in [0.2, 0.25) is 0 Å². The van der Waals surface area contributed by atoms with E-state index in [1.54, 1.807) is 0 Å². The number of aromatic nitrogens is 1. The van der Waals surface area contributed by atoms with Gasteiger partial charge < -0.3 is 5.11 Å². The number of hydrogen-bond acceptors (Lipinski definition) is 2. The van der Waals surface area contributed by atoms with Gasteiger partial charge in [-0.2, -0.15) is 13.2 Å². The summed E-state index contributed by atoms with van der Waals surface area (Å²) in [6.07, 6.45) is -4.62. The maximum Gasteiger partial charge on any atom is 0.434 e. The monoisotopic (exact) mass is 317 g/mol. The molecule has 0 aliphatic heterocycles. The van der Waals surface area contributed by atoms with E-state index in [1.807, 2.05) is 0 Å². The predicted octanol–water partition coefficient (Wildman–Crippen LogP) is 2.40. The Morgan fingerprint density at radius 1 is 1.43 bits per heavy atom. The van der Waals surface area contributed by atoms with E-state index < -0.39 is 23.5 Å². The van der Waals surface area contributed by atoms with Gasteiger partial charge in [-0.25, -0.2) is 9.78 Å². The van der Waals surface area contributed by atoms with Crippen LogP contribution in [0.1, 0.15) is 16.2 Å². The van der Waals surface area contributed by atoms with Crippen LogP contribution in [0.3, 0.4) is 0 Å². The van der Waals surface area contributed by atoms with Gasteiger partial charge in [0.25, 0.3) is 0 Å². The molecule has 0 bridgehead atoms. The van der Waals surface area contributed by atoms with Crippen molar-refractivity contribution in [3.63, 3.8) is 0 Å². The molecule has 0 saturated heterocycles. The highest BCUT2D eigenvalue weighted by molar-refractivity contribution is 14.1. The molecule has 0 fully saturated rings. The molecule has 76 valence electrons. The lowest BCUT2D eigenvalue weighted by Gasteiger charge is -2.07. The number of carboxylic acids is 1. The highest BCUT2D eigenvalue weighted by atomic mass is 127. The Hall–Kier alpha value is -0.860. The molecule has 1 aromatic heterocycles. The quantitative estimate of drug-likeness (QED) is 0.809. The molecule has 0 atom stereocenters. The van der Waals surface area contributed by atoms with Crippen LogP contribution in [0.25, 0.3) is 0 Å². The third-order valence-electron chi connectivity index (χ3n) is 1.33. The Morgan fingerprint density at radius 2 is 2.00 bits per heavy atom. The summed E-state index contributed by atoms with van der Waals surface area (Å²) < 4.78 is 36.6. The fourth-order valence-corrected chi connectivity index (χ4v) is 1.37. The first-order valence-electron chi connectivity index (χ1n) is 3.29. The van der Waals surface area contributed by atoms with Gasteiger partial charge in [0.2, 0.25) is 0 Å². The van der Waals surface area contributed by atoms with Gasteiger partial charge >= 0.3 is 12.1 Å². The van der Waals surface area contributed by atoms with E-state index in [-0.39, 0.29) is 3.57 Å². The fraction of sp³-hybridized carbons (Fsp3) is 0.143. The Bertz CT molecular complexity index is 378. The molecule has 0 amide bonds. The van der Waals surface area contributed by atoms with Crippen molar-refractivity contribution < 1.29 is 23.1 Å². The molecule has 0 spiro atoms. The molecule has 1 N–H and O–H groups in total. The van der Waals surface area contributed by atoms with Crippen molar-refractivity contribution in [2.75, 3.05) is 0 Å². The van der Waals surface area contributed by atoms with E-state index in [4.69, 9.17) is 5.11 Å². The van der Waals surface area contributed by atoms with E-state index in [0.717, 1.165) is 12.1 Å². The van der Waals surface area contributed by atoms with Crippen molar-refractivity contribution in [1.82, 2.24) is 4.98 Å². The lowest BCUT2D eigenvalue weighted by Crippen LogP contribution is -2.13. The molecular weight excluding hydrogens is 314 g/mol. The van der Waals surface area contributed by atoms with E-state index in [2.05, 4.69) is 4.98 Å². The number of alkyl halides is 3. The molecule has 0 saturated carbocycles. The van der Waals surface area contributed by atoms with Gasteiger partial charge in [0.05, 0.1) is 0 Å². The van der Waals surface area contributed by atoms with Crippen molar-refractivity contribution in [2.45, 2.75) is 6.18 Å².